The van der Waals surface area contributed by atoms with Crippen molar-refractivity contribution in [2.24, 2.45) is 5.41 Å². The smallest absolute Gasteiger partial charge is 0.244 e. The number of aryl methyl sites for hydroxylation is 1. The summed E-state index contributed by atoms with van der Waals surface area (Å²) >= 11 is 0. The first-order valence-corrected chi connectivity index (χ1v) is 8.00. The number of nitrogens with zero attached hydrogens (tertiary/aromatic N) is 2. The highest BCUT2D eigenvalue weighted by Crippen LogP contribution is 2.28. The maximum Gasteiger partial charge on any atom is 0.244 e. The van der Waals surface area contributed by atoms with Crippen LogP contribution in [0.3, 0.4) is 0 Å². The first kappa shape index (κ1) is 16.2. The zero-order valence-corrected chi connectivity index (χ0v) is 13.5. The van der Waals surface area contributed by atoms with Gasteiger partial charge in [-0.25, -0.2) is 13.1 Å². The van der Waals surface area contributed by atoms with Crippen LogP contribution in [0.15, 0.2) is 17.3 Å². The Kier molecular flexibility index (Phi) is 4.47. The van der Waals surface area contributed by atoms with Crippen LogP contribution in [0.4, 0.5) is 0 Å². The van der Waals surface area contributed by atoms with Gasteiger partial charge >= 0.3 is 0 Å². The van der Waals surface area contributed by atoms with Crippen LogP contribution in [0.5, 0.6) is 0 Å². The van der Waals surface area contributed by atoms with Crippen molar-refractivity contribution >= 4 is 10.0 Å². The quantitative estimate of drug-likeness (QED) is 0.904. The van der Waals surface area contributed by atoms with Crippen LogP contribution >= 0.6 is 0 Å². The second-order valence-corrected chi connectivity index (χ2v) is 8.44. The van der Waals surface area contributed by atoms with E-state index in [-0.39, 0.29) is 10.3 Å². The first-order valence-electron chi connectivity index (χ1n) is 6.52. The van der Waals surface area contributed by atoms with Gasteiger partial charge in [0.2, 0.25) is 10.0 Å². The summed E-state index contributed by atoms with van der Waals surface area (Å²) in [5.74, 6) is 0. The van der Waals surface area contributed by atoms with Crippen molar-refractivity contribution in [3.63, 3.8) is 0 Å². The molecule has 6 heteroatoms. The van der Waals surface area contributed by atoms with Gasteiger partial charge in [0.25, 0.3) is 0 Å². The molecule has 0 aromatic carbocycles. The largest absolute Gasteiger partial charge is 0.272 e. The molecule has 1 N–H and O–H groups in total. The van der Waals surface area contributed by atoms with Crippen LogP contribution in [0.1, 0.15) is 48.0 Å². The number of hydrogen-bond donors (Lipinski definition) is 1. The van der Waals surface area contributed by atoms with E-state index in [1.165, 1.54) is 6.20 Å². The molecule has 1 heterocycles. The van der Waals surface area contributed by atoms with E-state index in [4.69, 9.17) is 0 Å². The molecule has 0 saturated heterocycles. The fourth-order valence-electron chi connectivity index (χ4n) is 2.44. The summed E-state index contributed by atoms with van der Waals surface area (Å²) in [7, 11) is -3.51. The number of sulfonamides is 1. The van der Waals surface area contributed by atoms with Gasteiger partial charge in [-0.1, -0.05) is 20.8 Å². The standard InChI is InChI=1S/C13H25N3O2S/c1-7-16-9-11(8-14-16)19(17,18)15-13(5,6)10-12(2,3)4/h8-9,15H,7,10H2,1-6H3. The molecule has 0 aliphatic rings. The van der Waals surface area contributed by atoms with Crippen molar-refractivity contribution in [3.05, 3.63) is 12.4 Å². The van der Waals surface area contributed by atoms with E-state index in [1.807, 2.05) is 20.8 Å². The molecule has 0 aliphatic carbocycles. The number of rotatable bonds is 5. The maximum atomic E-state index is 12.3. The molecule has 1 aromatic heterocycles. The summed E-state index contributed by atoms with van der Waals surface area (Å²) in [6, 6.07) is 0. The molecule has 0 atom stereocenters. The van der Waals surface area contributed by atoms with E-state index in [2.05, 4.69) is 30.6 Å². The van der Waals surface area contributed by atoms with Crippen LogP contribution in [0.25, 0.3) is 0 Å². The van der Waals surface area contributed by atoms with Gasteiger partial charge in [0.1, 0.15) is 4.90 Å². The second kappa shape index (κ2) is 5.25. The molecule has 5 nitrogen and oxygen atoms in total. The van der Waals surface area contributed by atoms with Gasteiger partial charge in [-0.2, -0.15) is 5.10 Å². The van der Waals surface area contributed by atoms with E-state index in [0.717, 1.165) is 6.42 Å². The Morgan fingerprint density at radius 1 is 1.26 bits per heavy atom. The molecule has 0 amide bonds. The monoisotopic (exact) mass is 287 g/mol. The predicted octanol–water partition coefficient (Wildman–Crippen LogP) is 2.40. The second-order valence-electron chi connectivity index (χ2n) is 6.76. The van der Waals surface area contributed by atoms with Gasteiger partial charge in [0, 0.05) is 18.3 Å². The summed E-state index contributed by atoms with van der Waals surface area (Å²) < 4.78 is 29.0. The van der Waals surface area contributed by atoms with Crippen LogP contribution in [0, 0.1) is 5.41 Å². The van der Waals surface area contributed by atoms with Crippen LogP contribution < -0.4 is 4.72 Å². The molecule has 1 rings (SSSR count). The van der Waals surface area contributed by atoms with Crippen molar-refractivity contribution in [2.75, 3.05) is 0 Å². The summed E-state index contributed by atoms with van der Waals surface area (Å²) in [6.07, 6.45) is 3.69. The van der Waals surface area contributed by atoms with E-state index >= 15 is 0 Å². The third-order valence-electron chi connectivity index (χ3n) is 2.63. The van der Waals surface area contributed by atoms with Gasteiger partial charge < -0.3 is 0 Å². The Morgan fingerprint density at radius 2 is 1.84 bits per heavy atom. The lowest BCUT2D eigenvalue weighted by Crippen LogP contribution is -2.45. The SMILES string of the molecule is CCn1cc(S(=O)(=O)NC(C)(C)CC(C)(C)C)cn1. The molecule has 0 spiro atoms. The molecular weight excluding hydrogens is 262 g/mol. The van der Waals surface area contributed by atoms with Crippen LogP contribution in [-0.2, 0) is 16.6 Å². The zero-order valence-electron chi connectivity index (χ0n) is 12.7. The molecule has 110 valence electrons. The number of nitrogens with one attached hydrogen (secondary N) is 1. The van der Waals surface area contributed by atoms with Crippen molar-refractivity contribution in [1.29, 1.82) is 0 Å². The van der Waals surface area contributed by atoms with Gasteiger partial charge in [-0.05, 0) is 32.6 Å². The number of hydrogen-bond acceptors (Lipinski definition) is 3. The fourth-order valence-corrected chi connectivity index (χ4v) is 3.80. The third-order valence-corrected chi connectivity index (χ3v) is 4.28. The first-order chi connectivity index (χ1) is 8.45. The molecule has 0 fully saturated rings. The predicted molar refractivity (Wildman–Crippen MR) is 76.4 cm³/mol. The molecule has 1 aromatic rings. The van der Waals surface area contributed by atoms with Gasteiger partial charge in [-0.15, -0.1) is 0 Å². The normalized spacial score (nSPS) is 13.8. The molecule has 19 heavy (non-hydrogen) atoms. The highest BCUT2D eigenvalue weighted by molar-refractivity contribution is 7.89. The van der Waals surface area contributed by atoms with E-state index in [1.54, 1.807) is 10.9 Å². The molecule has 0 unspecified atom stereocenters. The summed E-state index contributed by atoms with van der Waals surface area (Å²) in [4.78, 5) is 0.219. The lowest BCUT2D eigenvalue weighted by atomic mass is 9.82. The zero-order chi connectivity index (χ0) is 14.9. The lowest BCUT2D eigenvalue weighted by Gasteiger charge is -2.32. The van der Waals surface area contributed by atoms with Crippen molar-refractivity contribution in [3.8, 4) is 0 Å². The Bertz CT molecular complexity index is 524. The summed E-state index contributed by atoms with van der Waals surface area (Å²) in [5.41, 5.74) is -0.439. The summed E-state index contributed by atoms with van der Waals surface area (Å²) in [6.45, 7) is 12.7. The van der Waals surface area contributed by atoms with Gasteiger partial charge in [-0.3, -0.25) is 4.68 Å². The average molecular weight is 287 g/mol. The van der Waals surface area contributed by atoms with Crippen molar-refractivity contribution in [2.45, 2.75) is 64.9 Å². The highest BCUT2D eigenvalue weighted by atomic mass is 32.2. The molecule has 0 aliphatic heterocycles. The van der Waals surface area contributed by atoms with Gasteiger partial charge in [0.15, 0.2) is 0 Å². The average Bonchev–Trinajstić information content (AvgIpc) is 2.59. The Labute approximate surface area is 116 Å². The third kappa shape index (κ3) is 4.95. The Hall–Kier alpha value is -0.880. The van der Waals surface area contributed by atoms with Crippen LogP contribution in [0.2, 0.25) is 0 Å². The molecule has 0 bridgehead atoms. The fraction of sp³-hybridized carbons (Fsp3) is 0.769. The van der Waals surface area contributed by atoms with Crippen molar-refractivity contribution < 1.29 is 8.42 Å². The Balaban J connectivity index is 2.90. The minimum Gasteiger partial charge on any atom is -0.272 e. The van der Waals surface area contributed by atoms with E-state index < -0.39 is 15.6 Å². The topological polar surface area (TPSA) is 64.0 Å². The van der Waals surface area contributed by atoms with Crippen molar-refractivity contribution in [1.82, 2.24) is 14.5 Å². The lowest BCUT2D eigenvalue weighted by molar-refractivity contribution is 0.269. The molecule has 0 radical (unpaired) electrons. The molecule has 0 saturated carbocycles. The minimum atomic E-state index is -3.51. The maximum absolute atomic E-state index is 12.3. The minimum absolute atomic E-state index is 0.0552. The van der Waals surface area contributed by atoms with E-state index in [0.29, 0.717) is 6.54 Å². The van der Waals surface area contributed by atoms with Crippen LogP contribution in [-0.4, -0.2) is 23.7 Å². The van der Waals surface area contributed by atoms with Gasteiger partial charge in [0.05, 0.1) is 6.20 Å². The summed E-state index contributed by atoms with van der Waals surface area (Å²) in [5, 5.41) is 4.00. The molecular formula is C13H25N3O2S. The Morgan fingerprint density at radius 3 is 2.26 bits per heavy atom. The number of aromatic nitrogens is 2. The highest BCUT2D eigenvalue weighted by Gasteiger charge is 2.31. The van der Waals surface area contributed by atoms with E-state index in [9.17, 15) is 8.42 Å².